The molecule has 1 aromatic carbocycles. The maximum atomic E-state index is 7.92. The van der Waals surface area contributed by atoms with E-state index in [4.69, 9.17) is 5.41 Å². The van der Waals surface area contributed by atoms with E-state index in [-0.39, 0.29) is 0 Å². The molecular formula is C13H13NS. The molecule has 2 rings (SSSR count). The van der Waals surface area contributed by atoms with Gasteiger partial charge < -0.3 is 0 Å². The maximum absolute atomic E-state index is 7.92. The van der Waals surface area contributed by atoms with Crippen LogP contribution in [0.5, 0.6) is 0 Å². The highest BCUT2D eigenvalue weighted by atomic mass is 32.2. The Morgan fingerprint density at radius 3 is 2.93 bits per heavy atom. The summed E-state index contributed by atoms with van der Waals surface area (Å²) in [6.07, 6.45) is 7.12. The molecule has 1 heterocycles. The van der Waals surface area contributed by atoms with Crippen LogP contribution in [-0.4, -0.2) is 5.04 Å². The molecule has 1 aromatic rings. The van der Waals surface area contributed by atoms with Crippen LogP contribution in [0.3, 0.4) is 0 Å². The molecule has 0 atom stereocenters. The molecule has 1 aliphatic rings. The third-order valence-corrected chi connectivity index (χ3v) is 3.51. The number of nitrogens with one attached hydrogen (secondary N) is 1. The van der Waals surface area contributed by atoms with Crippen molar-refractivity contribution < 1.29 is 0 Å². The van der Waals surface area contributed by atoms with Crippen LogP contribution < -0.4 is 0 Å². The smallest absolute Gasteiger partial charge is 0.0946 e. The lowest BCUT2D eigenvalue weighted by Gasteiger charge is -2.07. The van der Waals surface area contributed by atoms with Gasteiger partial charge in [0, 0.05) is 4.90 Å². The number of hydrogen-bond acceptors (Lipinski definition) is 2. The van der Waals surface area contributed by atoms with Crippen molar-refractivity contribution in [3.8, 4) is 0 Å². The average molecular weight is 215 g/mol. The lowest BCUT2D eigenvalue weighted by Crippen LogP contribution is -1.92. The Kier molecular flexibility index (Phi) is 3.07. The van der Waals surface area contributed by atoms with Crippen molar-refractivity contribution in [2.45, 2.75) is 18.2 Å². The van der Waals surface area contributed by atoms with E-state index in [9.17, 15) is 0 Å². The quantitative estimate of drug-likeness (QED) is 0.699. The van der Waals surface area contributed by atoms with E-state index < -0.39 is 0 Å². The molecule has 0 aromatic heterocycles. The van der Waals surface area contributed by atoms with Crippen LogP contribution in [0, 0.1) is 5.41 Å². The second-order valence-corrected chi connectivity index (χ2v) is 4.57. The van der Waals surface area contributed by atoms with Crippen molar-refractivity contribution in [3.63, 3.8) is 0 Å². The van der Waals surface area contributed by atoms with E-state index in [1.165, 1.54) is 10.5 Å². The highest BCUT2D eigenvalue weighted by Gasteiger charge is 2.07. The Balaban J connectivity index is 2.41. The van der Waals surface area contributed by atoms with Gasteiger partial charge in [0.15, 0.2) is 0 Å². The summed E-state index contributed by atoms with van der Waals surface area (Å²) in [5.41, 5.74) is 2.32. The topological polar surface area (TPSA) is 23.9 Å². The average Bonchev–Trinajstić information content (AvgIpc) is 2.31. The number of fused-ring (bicyclic) bond motifs is 1. The zero-order valence-corrected chi connectivity index (χ0v) is 9.47. The second-order valence-electron chi connectivity index (χ2n) is 3.52. The number of thioether (sulfide) groups is 1. The van der Waals surface area contributed by atoms with E-state index >= 15 is 0 Å². The number of hydrogen-bond donors (Lipinski definition) is 1. The largest absolute Gasteiger partial charge is 0.293 e. The molecular weight excluding hydrogens is 202 g/mol. The molecule has 1 aliphatic heterocycles. The van der Waals surface area contributed by atoms with Crippen LogP contribution in [0.2, 0.25) is 0 Å². The van der Waals surface area contributed by atoms with E-state index in [1.807, 2.05) is 25.1 Å². The summed E-state index contributed by atoms with van der Waals surface area (Å²) in [7, 11) is 0. The fraction of sp³-hybridized carbons (Fsp3) is 0.154. The molecule has 1 nitrogen and oxygen atoms in total. The van der Waals surface area contributed by atoms with Gasteiger partial charge in [-0.15, -0.1) is 0 Å². The standard InChI is InChI=1S/C13H13NS/c1-10-6-2-3-7-11-8-4-5-9-12(11)15-13(10)14/h2-6,8-9,14H,7H2,1H3/b3-2-,10-6-,14-13?. The van der Waals surface area contributed by atoms with Gasteiger partial charge in [0.1, 0.15) is 0 Å². The summed E-state index contributed by atoms with van der Waals surface area (Å²) in [5.74, 6) is 0. The second kappa shape index (κ2) is 4.49. The van der Waals surface area contributed by atoms with E-state index in [1.54, 1.807) is 11.8 Å². The minimum Gasteiger partial charge on any atom is -0.293 e. The molecule has 0 saturated carbocycles. The first-order chi connectivity index (χ1) is 7.27. The van der Waals surface area contributed by atoms with Gasteiger partial charge in [-0.2, -0.15) is 0 Å². The molecule has 2 heteroatoms. The lowest BCUT2D eigenvalue weighted by molar-refractivity contribution is 1.18. The van der Waals surface area contributed by atoms with Gasteiger partial charge >= 0.3 is 0 Å². The molecule has 0 aliphatic carbocycles. The van der Waals surface area contributed by atoms with Crippen LogP contribution in [-0.2, 0) is 6.42 Å². The molecule has 0 fully saturated rings. The minimum atomic E-state index is 0.633. The zero-order valence-electron chi connectivity index (χ0n) is 8.66. The summed E-state index contributed by atoms with van der Waals surface area (Å²) in [6.45, 7) is 1.98. The van der Waals surface area contributed by atoms with Crippen LogP contribution >= 0.6 is 11.8 Å². The van der Waals surface area contributed by atoms with Gasteiger partial charge in [0.2, 0.25) is 0 Å². The zero-order chi connectivity index (χ0) is 10.7. The maximum Gasteiger partial charge on any atom is 0.0946 e. The summed E-state index contributed by atoms with van der Waals surface area (Å²) in [4.78, 5) is 1.20. The molecule has 0 amide bonds. The van der Waals surface area contributed by atoms with Crippen LogP contribution in [0.1, 0.15) is 12.5 Å². The summed E-state index contributed by atoms with van der Waals surface area (Å²) >= 11 is 1.54. The molecule has 0 radical (unpaired) electrons. The number of rotatable bonds is 0. The first-order valence-corrected chi connectivity index (χ1v) is 5.77. The van der Waals surface area contributed by atoms with Crippen molar-refractivity contribution in [1.82, 2.24) is 0 Å². The van der Waals surface area contributed by atoms with Crippen molar-refractivity contribution in [2.24, 2.45) is 0 Å². The molecule has 0 saturated heterocycles. The van der Waals surface area contributed by atoms with Crippen molar-refractivity contribution in [3.05, 3.63) is 53.6 Å². The normalized spacial score (nSPS) is 21.7. The molecule has 0 bridgehead atoms. The molecule has 1 N–H and O–H groups in total. The summed E-state index contributed by atoms with van der Waals surface area (Å²) < 4.78 is 0. The first-order valence-electron chi connectivity index (χ1n) is 4.95. The molecule has 0 unspecified atom stereocenters. The van der Waals surface area contributed by atoms with E-state index in [0.717, 1.165) is 12.0 Å². The minimum absolute atomic E-state index is 0.633. The van der Waals surface area contributed by atoms with Gasteiger partial charge in [-0.3, -0.25) is 5.41 Å². The van der Waals surface area contributed by atoms with Crippen LogP contribution in [0.15, 0.2) is 53.0 Å². The predicted octanol–water partition coefficient (Wildman–Crippen LogP) is 3.81. The van der Waals surface area contributed by atoms with Crippen molar-refractivity contribution in [2.75, 3.05) is 0 Å². The number of allylic oxidation sites excluding steroid dienone is 3. The Bertz CT molecular complexity index is 444. The van der Waals surface area contributed by atoms with Gasteiger partial charge in [0.25, 0.3) is 0 Å². The molecule has 0 spiro atoms. The Morgan fingerprint density at radius 2 is 2.07 bits per heavy atom. The van der Waals surface area contributed by atoms with Gasteiger partial charge in [0.05, 0.1) is 5.04 Å². The van der Waals surface area contributed by atoms with E-state index in [2.05, 4.69) is 24.3 Å². The van der Waals surface area contributed by atoms with Crippen molar-refractivity contribution >= 4 is 16.8 Å². The molecule has 15 heavy (non-hydrogen) atoms. The fourth-order valence-corrected chi connectivity index (χ4v) is 2.32. The highest BCUT2D eigenvalue weighted by Crippen LogP contribution is 2.27. The van der Waals surface area contributed by atoms with Crippen LogP contribution in [0.4, 0.5) is 0 Å². The SMILES string of the molecule is C/C1=C/C=C\Cc2ccccc2SC1=N. The molecule has 76 valence electrons. The Morgan fingerprint density at radius 1 is 1.27 bits per heavy atom. The van der Waals surface area contributed by atoms with Crippen LogP contribution in [0.25, 0.3) is 0 Å². The summed E-state index contributed by atoms with van der Waals surface area (Å²) in [5, 5.41) is 8.55. The lowest BCUT2D eigenvalue weighted by atomic mass is 10.1. The third kappa shape index (κ3) is 2.39. The Hall–Kier alpha value is -1.28. The highest BCUT2D eigenvalue weighted by molar-refractivity contribution is 8.14. The predicted molar refractivity (Wildman–Crippen MR) is 66.6 cm³/mol. The number of benzene rings is 1. The summed E-state index contributed by atoms with van der Waals surface area (Å²) in [6, 6.07) is 8.29. The Labute approximate surface area is 94.4 Å². The monoisotopic (exact) mass is 215 g/mol. The first kappa shape index (κ1) is 10.2. The van der Waals surface area contributed by atoms with Gasteiger partial charge in [-0.25, -0.2) is 0 Å². The fourth-order valence-electron chi connectivity index (χ4n) is 1.45. The van der Waals surface area contributed by atoms with Gasteiger partial charge in [-0.05, 0) is 30.5 Å². The third-order valence-electron chi connectivity index (χ3n) is 2.36. The van der Waals surface area contributed by atoms with Crippen molar-refractivity contribution in [1.29, 1.82) is 5.41 Å². The van der Waals surface area contributed by atoms with E-state index in [0.29, 0.717) is 5.04 Å². The van der Waals surface area contributed by atoms with Gasteiger partial charge in [-0.1, -0.05) is 48.2 Å².